The molecule has 0 saturated carbocycles. The van der Waals surface area contributed by atoms with Crippen molar-refractivity contribution >= 4 is 5.97 Å². The van der Waals surface area contributed by atoms with Gasteiger partial charge in [-0.15, -0.1) is 0 Å². The molecule has 112 valence electrons. The zero-order chi connectivity index (χ0) is 15.0. The second kappa shape index (κ2) is 8.62. The maximum absolute atomic E-state index is 11.6. The highest BCUT2D eigenvalue weighted by atomic mass is 16.5. The molecular formula is C17H26O3. The number of esters is 1. The molecule has 3 heteroatoms. The van der Waals surface area contributed by atoms with Crippen LogP contribution >= 0.6 is 0 Å². The molecule has 1 N–H and O–H groups in total. The van der Waals surface area contributed by atoms with E-state index >= 15 is 0 Å². The summed E-state index contributed by atoms with van der Waals surface area (Å²) >= 11 is 0. The molecule has 1 aromatic rings. The Morgan fingerprint density at radius 1 is 1.15 bits per heavy atom. The standard InChI is InChI=1S/C17H26O3/c1-13(2)5-4-12-20-17(19)11-6-14(3)15-7-9-16(18)10-8-15/h7-10,13-14,18H,4-6,11-12H2,1-3H3. The Balaban J connectivity index is 2.21. The smallest absolute Gasteiger partial charge is 0.305 e. The lowest BCUT2D eigenvalue weighted by Crippen LogP contribution is -2.08. The lowest BCUT2D eigenvalue weighted by molar-refractivity contribution is -0.144. The van der Waals surface area contributed by atoms with E-state index in [9.17, 15) is 9.90 Å². The molecule has 0 spiro atoms. The van der Waals surface area contributed by atoms with Crippen molar-refractivity contribution in [1.82, 2.24) is 0 Å². The molecule has 0 saturated heterocycles. The average molecular weight is 278 g/mol. The number of ether oxygens (including phenoxy) is 1. The van der Waals surface area contributed by atoms with Crippen LogP contribution in [0, 0.1) is 5.92 Å². The van der Waals surface area contributed by atoms with Crippen molar-refractivity contribution in [1.29, 1.82) is 0 Å². The van der Waals surface area contributed by atoms with Gasteiger partial charge in [0.1, 0.15) is 5.75 Å². The molecule has 1 atom stereocenters. The molecule has 0 heterocycles. The molecule has 1 rings (SSSR count). The van der Waals surface area contributed by atoms with Gasteiger partial charge in [-0.2, -0.15) is 0 Å². The first-order valence-electron chi connectivity index (χ1n) is 7.43. The van der Waals surface area contributed by atoms with Crippen molar-refractivity contribution in [3.8, 4) is 5.75 Å². The molecule has 20 heavy (non-hydrogen) atoms. The van der Waals surface area contributed by atoms with E-state index in [4.69, 9.17) is 4.74 Å². The number of carbonyl (C=O) groups excluding carboxylic acids is 1. The number of benzene rings is 1. The van der Waals surface area contributed by atoms with E-state index in [1.54, 1.807) is 12.1 Å². The highest BCUT2D eigenvalue weighted by Gasteiger charge is 2.10. The first kappa shape index (κ1) is 16.5. The van der Waals surface area contributed by atoms with E-state index in [1.165, 1.54) is 0 Å². The third-order valence-electron chi connectivity index (χ3n) is 3.43. The SMILES string of the molecule is CC(C)CCCOC(=O)CCC(C)c1ccc(O)cc1. The molecule has 0 aliphatic heterocycles. The van der Waals surface area contributed by atoms with Gasteiger partial charge < -0.3 is 9.84 Å². The van der Waals surface area contributed by atoms with Crippen LogP contribution in [0.4, 0.5) is 0 Å². The topological polar surface area (TPSA) is 46.5 Å². The predicted molar refractivity (Wildman–Crippen MR) is 80.8 cm³/mol. The summed E-state index contributed by atoms with van der Waals surface area (Å²) in [5.74, 6) is 1.10. The fourth-order valence-electron chi connectivity index (χ4n) is 2.05. The Morgan fingerprint density at radius 2 is 1.80 bits per heavy atom. The van der Waals surface area contributed by atoms with Gasteiger partial charge in [-0.25, -0.2) is 0 Å². The Bertz CT molecular complexity index is 395. The van der Waals surface area contributed by atoms with Gasteiger partial charge in [0.15, 0.2) is 0 Å². The number of aromatic hydroxyl groups is 1. The van der Waals surface area contributed by atoms with Crippen LogP contribution in [0.5, 0.6) is 5.75 Å². The van der Waals surface area contributed by atoms with Crippen molar-refractivity contribution in [2.75, 3.05) is 6.61 Å². The van der Waals surface area contributed by atoms with E-state index in [0.717, 1.165) is 24.8 Å². The van der Waals surface area contributed by atoms with E-state index in [1.807, 2.05) is 12.1 Å². The second-order valence-electron chi connectivity index (χ2n) is 5.79. The maximum Gasteiger partial charge on any atom is 0.305 e. The van der Waals surface area contributed by atoms with Crippen molar-refractivity contribution in [3.05, 3.63) is 29.8 Å². The van der Waals surface area contributed by atoms with Gasteiger partial charge in [0.25, 0.3) is 0 Å². The highest BCUT2D eigenvalue weighted by molar-refractivity contribution is 5.69. The van der Waals surface area contributed by atoms with Crippen LogP contribution in [0.15, 0.2) is 24.3 Å². The van der Waals surface area contributed by atoms with Gasteiger partial charge in [0.2, 0.25) is 0 Å². The zero-order valence-corrected chi connectivity index (χ0v) is 12.8. The minimum Gasteiger partial charge on any atom is -0.508 e. The lowest BCUT2D eigenvalue weighted by atomic mass is 9.96. The predicted octanol–water partition coefficient (Wildman–Crippen LogP) is 4.26. The molecular weight excluding hydrogens is 252 g/mol. The van der Waals surface area contributed by atoms with Crippen LogP contribution < -0.4 is 0 Å². The summed E-state index contributed by atoms with van der Waals surface area (Å²) in [6, 6.07) is 7.15. The fourth-order valence-corrected chi connectivity index (χ4v) is 2.05. The Morgan fingerprint density at radius 3 is 2.40 bits per heavy atom. The molecule has 0 aliphatic carbocycles. The summed E-state index contributed by atoms with van der Waals surface area (Å²) in [7, 11) is 0. The van der Waals surface area contributed by atoms with Crippen LogP contribution in [0.1, 0.15) is 57.9 Å². The monoisotopic (exact) mass is 278 g/mol. The summed E-state index contributed by atoms with van der Waals surface area (Å²) in [6.45, 7) is 6.95. The summed E-state index contributed by atoms with van der Waals surface area (Å²) in [5, 5.41) is 9.24. The van der Waals surface area contributed by atoms with Crippen LogP contribution in [-0.4, -0.2) is 17.7 Å². The van der Waals surface area contributed by atoms with E-state index in [-0.39, 0.29) is 11.7 Å². The zero-order valence-electron chi connectivity index (χ0n) is 12.8. The molecule has 0 aromatic heterocycles. The summed E-state index contributed by atoms with van der Waals surface area (Å²) in [6.07, 6.45) is 3.26. The highest BCUT2D eigenvalue weighted by Crippen LogP contribution is 2.22. The average Bonchev–Trinajstić information content (AvgIpc) is 2.41. The fraction of sp³-hybridized carbons (Fsp3) is 0.588. The Labute approximate surface area is 122 Å². The number of phenolic OH excluding ortho intramolecular Hbond substituents is 1. The van der Waals surface area contributed by atoms with E-state index < -0.39 is 0 Å². The van der Waals surface area contributed by atoms with Crippen LogP contribution in [-0.2, 0) is 9.53 Å². The lowest BCUT2D eigenvalue weighted by Gasteiger charge is -2.12. The molecule has 3 nitrogen and oxygen atoms in total. The Kier molecular flexibility index (Phi) is 7.13. The number of hydrogen-bond acceptors (Lipinski definition) is 3. The molecule has 0 amide bonds. The molecule has 0 aliphatic rings. The molecule has 0 bridgehead atoms. The molecule has 1 aromatic carbocycles. The number of hydrogen-bond donors (Lipinski definition) is 1. The first-order chi connectivity index (χ1) is 9.49. The largest absolute Gasteiger partial charge is 0.508 e. The normalized spacial score (nSPS) is 12.4. The quantitative estimate of drug-likeness (QED) is 0.571. The van der Waals surface area contributed by atoms with Crippen LogP contribution in [0.3, 0.4) is 0 Å². The number of carbonyl (C=O) groups is 1. The minimum absolute atomic E-state index is 0.112. The number of rotatable bonds is 8. The van der Waals surface area contributed by atoms with Crippen molar-refractivity contribution < 1.29 is 14.6 Å². The van der Waals surface area contributed by atoms with Gasteiger partial charge in [-0.3, -0.25) is 4.79 Å². The van der Waals surface area contributed by atoms with Gasteiger partial charge >= 0.3 is 5.97 Å². The minimum atomic E-state index is -0.112. The van der Waals surface area contributed by atoms with Gasteiger partial charge in [-0.1, -0.05) is 32.9 Å². The third-order valence-corrected chi connectivity index (χ3v) is 3.43. The van der Waals surface area contributed by atoms with Crippen molar-refractivity contribution in [3.63, 3.8) is 0 Å². The van der Waals surface area contributed by atoms with E-state index in [0.29, 0.717) is 24.9 Å². The van der Waals surface area contributed by atoms with E-state index in [2.05, 4.69) is 20.8 Å². The second-order valence-corrected chi connectivity index (χ2v) is 5.79. The molecule has 0 radical (unpaired) electrons. The first-order valence-corrected chi connectivity index (χ1v) is 7.43. The van der Waals surface area contributed by atoms with Crippen molar-refractivity contribution in [2.45, 2.75) is 52.4 Å². The summed E-state index contributed by atoms with van der Waals surface area (Å²) in [5.41, 5.74) is 1.13. The van der Waals surface area contributed by atoms with Crippen molar-refractivity contribution in [2.24, 2.45) is 5.92 Å². The van der Waals surface area contributed by atoms with Crippen LogP contribution in [0.2, 0.25) is 0 Å². The van der Waals surface area contributed by atoms with Crippen LogP contribution in [0.25, 0.3) is 0 Å². The summed E-state index contributed by atoms with van der Waals surface area (Å²) < 4.78 is 5.22. The maximum atomic E-state index is 11.6. The van der Waals surface area contributed by atoms with Gasteiger partial charge in [0, 0.05) is 6.42 Å². The number of phenols is 1. The molecule has 1 unspecified atom stereocenters. The third kappa shape index (κ3) is 6.60. The summed E-state index contributed by atoms with van der Waals surface area (Å²) in [4.78, 5) is 11.6. The Hall–Kier alpha value is -1.51. The van der Waals surface area contributed by atoms with Gasteiger partial charge in [0.05, 0.1) is 6.61 Å². The molecule has 0 fully saturated rings. The van der Waals surface area contributed by atoms with Gasteiger partial charge in [-0.05, 0) is 48.8 Å².